The number of likely N-dealkylation sites (N-methyl/N-ethyl adjacent to an activating group) is 1. The third-order valence-corrected chi connectivity index (χ3v) is 3.67. The van der Waals surface area contributed by atoms with Crippen LogP contribution in [-0.4, -0.2) is 49.3 Å². The molecule has 0 bridgehead atoms. The molecule has 1 aliphatic heterocycles. The lowest BCUT2D eigenvalue weighted by molar-refractivity contribution is 0.0727. The van der Waals surface area contributed by atoms with Crippen LogP contribution in [0.1, 0.15) is 40.0 Å². The van der Waals surface area contributed by atoms with Crippen molar-refractivity contribution in [2.45, 2.75) is 51.7 Å². The minimum absolute atomic E-state index is 0.400. The first kappa shape index (κ1) is 15.4. The normalized spacial score (nSPS) is 22.9. The quantitative estimate of drug-likeness (QED) is 0.716. The molecule has 0 amide bonds. The van der Waals surface area contributed by atoms with E-state index in [9.17, 15) is 5.26 Å². The Morgan fingerprint density at radius 3 is 2.78 bits per heavy atom. The van der Waals surface area contributed by atoms with E-state index < -0.39 is 5.54 Å². The highest BCUT2D eigenvalue weighted by atomic mass is 16.5. The minimum atomic E-state index is -0.404. The molecule has 1 rings (SSSR count). The Labute approximate surface area is 111 Å². The number of hydrogen-bond acceptors (Lipinski definition) is 4. The fourth-order valence-electron chi connectivity index (χ4n) is 2.41. The number of rotatable bonds is 8. The van der Waals surface area contributed by atoms with E-state index in [4.69, 9.17) is 4.74 Å². The van der Waals surface area contributed by atoms with Gasteiger partial charge in [-0.3, -0.25) is 5.32 Å². The molecule has 1 saturated heterocycles. The predicted molar refractivity (Wildman–Crippen MR) is 73.4 cm³/mol. The SMILES string of the molecule is CCNC(C)(C#N)CCN(CC)CC1CCCO1. The summed E-state index contributed by atoms with van der Waals surface area (Å²) in [6.45, 7) is 10.9. The molecule has 1 fully saturated rings. The van der Waals surface area contributed by atoms with Gasteiger partial charge in [0.15, 0.2) is 0 Å². The van der Waals surface area contributed by atoms with Crippen molar-refractivity contribution < 1.29 is 4.74 Å². The maximum absolute atomic E-state index is 9.23. The number of nitriles is 1. The Morgan fingerprint density at radius 2 is 2.28 bits per heavy atom. The summed E-state index contributed by atoms with van der Waals surface area (Å²) in [5, 5.41) is 12.5. The van der Waals surface area contributed by atoms with Crippen LogP contribution in [0.4, 0.5) is 0 Å². The largest absolute Gasteiger partial charge is 0.377 e. The van der Waals surface area contributed by atoms with Crippen LogP contribution in [0.15, 0.2) is 0 Å². The second-order valence-electron chi connectivity index (χ2n) is 5.25. The summed E-state index contributed by atoms with van der Waals surface area (Å²) in [5.74, 6) is 0. The van der Waals surface area contributed by atoms with Crippen LogP contribution in [-0.2, 0) is 4.74 Å². The van der Waals surface area contributed by atoms with Gasteiger partial charge >= 0.3 is 0 Å². The molecule has 2 atom stereocenters. The highest BCUT2D eigenvalue weighted by Gasteiger charge is 2.24. The van der Waals surface area contributed by atoms with Crippen LogP contribution in [0.2, 0.25) is 0 Å². The van der Waals surface area contributed by atoms with Gasteiger partial charge < -0.3 is 9.64 Å². The monoisotopic (exact) mass is 253 g/mol. The number of ether oxygens (including phenoxy) is 1. The van der Waals surface area contributed by atoms with Crippen LogP contribution in [0.5, 0.6) is 0 Å². The number of hydrogen-bond donors (Lipinski definition) is 1. The standard InChI is InChI=1S/C14H27N3O/c1-4-16-14(3,12-15)8-9-17(5-2)11-13-7-6-10-18-13/h13,16H,4-11H2,1-3H3. The Morgan fingerprint density at radius 1 is 1.50 bits per heavy atom. The molecule has 104 valence electrons. The van der Waals surface area contributed by atoms with Gasteiger partial charge in [0.2, 0.25) is 0 Å². The molecule has 4 nitrogen and oxygen atoms in total. The number of nitrogens with zero attached hydrogens (tertiary/aromatic N) is 2. The van der Waals surface area contributed by atoms with Crippen molar-refractivity contribution >= 4 is 0 Å². The van der Waals surface area contributed by atoms with Gasteiger partial charge in [-0.15, -0.1) is 0 Å². The maximum atomic E-state index is 9.23. The fraction of sp³-hybridized carbons (Fsp3) is 0.929. The van der Waals surface area contributed by atoms with Gasteiger partial charge in [0, 0.05) is 19.7 Å². The lowest BCUT2D eigenvalue weighted by Gasteiger charge is -2.28. The zero-order valence-electron chi connectivity index (χ0n) is 12.0. The van der Waals surface area contributed by atoms with Crippen LogP contribution < -0.4 is 5.32 Å². The third-order valence-electron chi connectivity index (χ3n) is 3.67. The smallest absolute Gasteiger partial charge is 0.105 e. The van der Waals surface area contributed by atoms with Crippen LogP contribution in [0, 0.1) is 11.3 Å². The number of nitrogens with one attached hydrogen (secondary N) is 1. The molecular formula is C14H27N3O. The molecule has 0 aromatic carbocycles. The minimum Gasteiger partial charge on any atom is -0.377 e. The van der Waals surface area contributed by atoms with Crippen molar-refractivity contribution in [3.63, 3.8) is 0 Å². The second kappa shape index (κ2) is 7.73. The Bertz CT molecular complexity index is 271. The summed E-state index contributed by atoms with van der Waals surface area (Å²) in [6.07, 6.45) is 3.63. The first-order valence-corrected chi connectivity index (χ1v) is 7.13. The first-order valence-electron chi connectivity index (χ1n) is 7.13. The molecule has 0 aliphatic carbocycles. The first-order chi connectivity index (χ1) is 8.63. The Kier molecular flexibility index (Phi) is 6.62. The van der Waals surface area contributed by atoms with Crippen molar-refractivity contribution in [1.82, 2.24) is 10.2 Å². The van der Waals surface area contributed by atoms with Gasteiger partial charge in [-0.1, -0.05) is 13.8 Å². The van der Waals surface area contributed by atoms with Crippen LogP contribution in [0.3, 0.4) is 0 Å². The van der Waals surface area contributed by atoms with Gasteiger partial charge in [-0.2, -0.15) is 5.26 Å². The van der Waals surface area contributed by atoms with E-state index >= 15 is 0 Å². The molecule has 0 saturated carbocycles. The predicted octanol–water partition coefficient (Wildman–Crippen LogP) is 1.77. The van der Waals surface area contributed by atoms with E-state index in [1.807, 2.05) is 13.8 Å². The Hall–Kier alpha value is -0.630. The molecule has 1 heterocycles. The van der Waals surface area contributed by atoms with E-state index in [1.54, 1.807) is 0 Å². The summed E-state index contributed by atoms with van der Waals surface area (Å²) >= 11 is 0. The van der Waals surface area contributed by atoms with E-state index in [1.165, 1.54) is 12.8 Å². The molecule has 0 spiro atoms. The highest BCUT2D eigenvalue weighted by molar-refractivity contribution is 5.03. The van der Waals surface area contributed by atoms with Gasteiger partial charge in [0.1, 0.15) is 5.54 Å². The summed E-state index contributed by atoms with van der Waals surface area (Å²) in [4.78, 5) is 2.39. The van der Waals surface area contributed by atoms with Crippen molar-refractivity contribution in [1.29, 1.82) is 5.26 Å². The van der Waals surface area contributed by atoms with E-state index in [0.29, 0.717) is 6.10 Å². The molecule has 0 aromatic heterocycles. The van der Waals surface area contributed by atoms with Crippen molar-refractivity contribution in [3.05, 3.63) is 0 Å². The van der Waals surface area contributed by atoms with Gasteiger partial charge in [-0.05, 0) is 39.3 Å². The third kappa shape index (κ3) is 4.93. The molecule has 0 aromatic rings. The molecular weight excluding hydrogens is 226 g/mol. The summed E-state index contributed by atoms with van der Waals surface area (Å²) in [7, 11) is 0. The summed E-state index contributed by atoms with van der Waals surface area (Å²) in [5.41, 5.74) is -0.404. The van der Waals surface area contributed by atoms with E-state index in [0.717, 1.165) is 39.2 Å². The fourth-order valence-corrected chi connectivity index (χ4v) is 2.41. The molecule has 2 unspecified atom stereocenters. The van der Waals surface area contributed by atoms with Gasteiger partial charge in [0.25, 0.3) is 0 Å². The van der Waals surface area contributed by atoms with Crippen molar-refractivity contribution in [2.24, 2.45) is 0 Å². The Balaban J connectivity index is 2.35. The van der Waals surface area contributed by atoms with Crippen molar-refractivity contribution in [2.75, 3.05) is 32.8 Å². The van der Waals surface area contributed by atoms with E-state index in [-0.39, 0.29) is 0 Å². The van der Waals surface area contributed by atoms with Gasteiger partial charge in [-0.25, -0.2) is 0 Å². The average molecular weight is 253 g/mol. The zero-order chi connectivity index (χ0) is 13.4. The summed E-state index contributed by atoms with van der Waals surface area (Å²) in [6, 6.07) is 2.38. The van der Waals surface area contributed by atoms with Gasteiger partial charge in [0.05, 0.1) is 12.2 Å². The second-order valence-corrected chi connectivity index (χ2v) is 5.25. The molecule has 4 heteroatoms. The molecule has 0 radical (unpaired) electrons. The zero-order valence-corrected chi connectivity index (χ0v) is 12.0. The highest BCUT2D eigenvalue weighted by Crippen LogP contribution is 2.15. The molecule has 1 N–H and O–H groups in total. The van der Waals surface area contributed by atoms with Crippen LogP contribution >= 0.6 is 0 Å². The maximum Gasteiger partial charge on any atom is 0.105 e. The lowest BCUT2D eigenvalue weighted by atomic mass is 9.99. The lowest BCUT2D eigenvalue weighted by Crippen LogP contribution is -2.44. The topological polar surface area (TPSA) is 48.3 Å². The van der Waals surface area contributed by atoms with Crippen molar-refractivity contribution in [3.8, 4) is 6.07 Å². The molecule has 18 heavy (non-hydrogen) atoms. The van der Waals surface area contributed by atoms with E-state index in [2.05, 4.69) is 23.2 Å². The molecule has 1 aliphatic rings. The van der Waals surface area contributed by atoms with Crippen LogP contribution in [0.25, 0.3) is 0 Å². The summed E-state index contributed by atoms with van der Waals surface area (Å²) < 4.78 is 5.67. The average Bonchev–Trinajstić information content (AvgIpc) is 2.87.